The van der Waals surface area contributed by atoms with Crippen molar-refractivity contribution in [3.63, 3.8) is 0 Å². The highest BCUT2D eigenvalue weighted by atomic mass is 15.8. The summed E-state index contributed by atoms with van der Waals surface area (Å²) in [5.41, 5.74) is 11.5. The molecule has 0 spiro atoms. The molecule has 1 aliphatic rings. The van der Waals surface area contributed by atoms with E-state index in [2.05, 4.69) is 32.4 Å². The maximum Gasteiger partial charge on any atom is 0.0620 e. The largest absolute Gasteiger partial charge is 0.243 e. The number of rotatable bonds is 0. The van der Waals surface area contributed by atoms with Crippen molar-refractivity contribution < 1.29 is 0 Å². The quantitative estimate of drug-likeness (QED) is 0.389. The lowest BCUT2D eigenvalue weighted by atomic mass is 10.0. The predicted octanol–water partition coefficient (Wildman–Crippen LogP) is 6.27. The van der Waals surface area contributed by atoms with E-state index in [1.807, 2.05) is 0 Å². The lowest BCUT2D eigenvalue weighted by Crippen LogP contribution is -2.48. The second-order valence-electron chi connectivity index (χ2n) is 8.32. The summed E-state index contributed by atoms with van der Waals surface area (Å²) in [6.07, 6.45) is 27.7. The molecule has 0 bridgehead atoms. The van der Waals surface area contributed by atoms with E-state index >= 15 is 0 Å². The van der Waals surface area contributed by atoms with Crippen molar-refractivity contribution in [3.05, 3.63) is 0 Å². The lowest BCUT2D eigenvalue weighted by Gasteiger charge is -2.07. The van der Waals surface area contributed by atoms with Crippen molar-refractivity contribution in [1.82, 2.24) is 22.0 Å². The van der Waals surface area contributed by atoms with Gasteiger partial charge in [0.2, 0.25) is 0 Å². The monoisotopic (exact) mass is 396 g/mol. The molecule has 0 aromatic carbocycles. The average molecular weight is 397 g/mol. The highest BCUT2D eigenvalue weighted by Gasteiger charge is 1.96. The zero-order valence-electron chi connectivity index (χ0n) is 18.5. The zero-order chi connectivity index (χ0) is 19.8. The van der Waals surface area contributed by atoms with E-state index in [-0.39, 0.29) is 0 Å². The first-order chi connectivity index (χ1) is 14.0. The Bertz CT molecular complexity index is 294. The molecule has 1 aliphatic heterocycles. The van der Waals surface area contributed by atoms with Gasteiger partial charge in [0.25, 0.3) is 0 Å². The highest BCUT2D eigenvalue weighted by Crippen LogP contribution is 2.14. The topological polar surface area (TPSA) is 72.8 Å². The van der Waals surface area contributed by atoms with Crippen LogP contribution in [0.25, 0.3) is 0 Å². The average Bonchev–Trinajstić information content (AvgIpc) is 2.71. The molecule has 0 amide bonds. The van der Waals surface area contributed by atoms with Crippen LogP contribution in [0, 0.1) is 0 Å². The molecule has 0 aromatic rings. The smallest absolute Gasteiger partial charge is 0.0620 e. The van der Waals surface area contributed by atoms with Crippen molar-refractivity contribution in [2.75, 3.05) is 13.1 Å². The second-order valence-corrected chi connectivity index (χ2v) is 8.32. The van der Waals surface area contributed by atoms with Gasteiger partial charge in [-0.2, -0.15) is 10.6 Å². The third-order valence-corrected chi connectivity index (χ3v) is 5.64. The van der Waals surface area contributed by atoms with Gasteiger partial charge in [0, 0.05) is 6.54 Å². The summed E-state index contributed by atoms with van der Waals surface area (Å²) in [6.45, 7) is 1.77. The minimum absolute atomic E-state index is 0.808. The predicted molar refractivity (Wildman–Crippen MR) is 119 cm³/mol. The van der Waals surface area contributed by atoms with Crippen LogP contribution < -0.4 is 22.0 Å². The zero-order valence-corrected chi connectivity index (χ0v) is 18.5. The van der Waals surface area contributed by atoms with Crippen LogP contribution in [0.1, 0.15) is 128 Å². The van der Waals surface area contributed by atoms with Crippen molar-refractivity contribution in [2.24, 2.45) is 10.3 Å². The fourth-order valence-corrected chi connectivity index (χ4v) is 3.82. The minimum atomic E-state index is 0.808. The third-order valence-electron chi connectivity index (χ3n) is 5.64. The van der Waals surface area contributed by atoms with Gasteiger partial charge in [0.05, 0.1) is 6.54 Å². The molecule has 6 nitrogen and oxygen atoms in total. The molecule has 0 saturated heterocycles. The van der Waals surface area contributed by atoms with E-state index in [0.717, 1.165) is 19.5 Å². The van der Waals surface area contributed by atoms with Gasteiger partial charge < -0.3 is 0 Å². The van der Waals surface area contributed by atoms with Crippen LogP contribution in [-0.4, -0.2) is 13.1 Å². The minimum Gasteiger partial charge on any atom is -0.243 e. The van der Waals surface area contributed by atoms with Gasteiger partial charge in [0.1, 0.15) is 0 Å². The Morgan fingerprint density at radius 3 is 1.25 bits per heavy atom. The van der Waals surface area contributed by atoms with Crippen molar-refractivity contribution in [3.8, 4) is 0 Å². The fraction of sp³-hybridized carbons (Fsp3) is 1.00. The molecular formula is C22H48N6. The van der Waals surface area contributed by atoms with Crippen molar-refractivity contribution >= 4 is 0 Å². The first-order valence-corrected chi connectivity index (χ1v) is 12.3. The Labute approximate surface area is 174 Å². The number of hydrazine groups is 3. The molecule has 1 rings (SSSR count). The molecule has 0 unspecified atom stereocenters. The molecule has 0 aromatic heterocycles. The van der Waals surface area contributed by atoms with Gasteiger partial charge in [-0.25, -0.2) is 11.0 Å². The summed E-state index contributed by atoms with van der Waals surface area (Å²) >= 11 is 0. The van der Waals surface area contributed by atoms with E-state index in [1.54, 1.807) is 0 Å². The maximum absolute atomic E-state index is 4.12. The third kappa shape index (κ3) is 20.0. The summed E-state index contributed by atoms with van der Waals surface area (Å²) in [4.78, 5) is 0. The Balaban J connectivity index is 2.04. The van der Waals surface area contributed by atoms with Gasteiger partial charge in [0.15, 0.2) is 0 Å². The molecule has 6 heteroatoms. The number of nitrogens with one attached hydrogen (secondary N) is 4. The van der Waals surface area contributed by atoms with E-state index in [4.69, 9.17) is 0 Å². The maximum atomic E-state index is 4.12. The Morgan fingerprint density at radius 1 is 0.393 bits per heavy atom. The molecule has 0 saturated carbocycles. The summed E-state index contributed by atoms with van der Waals surface area (Å²) in [5, 5.41) is 8.01. The molecule has 0 atom stereocenters. The number of nitrogens with zero attached hydrogens (tertiary/aromatic N) is 2. The van der Waals surface area contributed by atoms with Crippen molar-refractivity contribution in [2.45, 2.75) is 128 Å². The summed E-state index contributed by atoms with van der Waals surface area (Å²) in [6, 6.07) is 0. The van der Waals surface area contributed by atoms with Crippen LogP contribution in [-0.2, 0) is 0 Å². The van der Waals surface area contributed by atoms with Crippen LogP contribution in [0.5, 0.6) is 0 Å². The lowest BCUT2D eigenvalue weighted by molar-refractivity contribution is 0.361. The molecule has 0 radical (unpaired) electrons. The van der Waals surface area contributed by atoms with E-state index < -0.39 is 0 Å². The first-order valence-electron chi connectivity index (χ1n) is 12.3. The molecule has 28 heavy (non-hydrogen) atoms. The summed E-state index contributed by atoms with van der Waals surface area (Å²) < 4.78 is 0. The van der Waals surface area contributed by atoms with Gasteiger partial charge in [-0.05, 0) is 12.8 Å². The van der Waals surface area contributed by atoms with Crippen LogP contribution in [0.15, 0.2) is 10.3 Å². The van der Waals surface area contributed by atoms with Crippen molar-refractivity contribution in [1.29, 1.82) is 0 Å². The molecule has 166 valence electrons. The van der Waals surface area contributed by atoms with E-state index in [1.165, 1.54) is 122 Å². The molecule has 0 aliphatic carbocycles. The standard InChI is InChI=1S/C22H48N6/c1-2-4-6-8-10-12-14-16-18-20-22-24-26-28-27-25-23-21-19-17-15-13-11-9-7-5-3-1/h1-22H2,(H2,23,26,27)(H2,24,25,28). The van der Waals surface area contributed by atoms with Gasteiger partial charge in [-0.3, -0.25) is 0 Å². The summed E-state index contributed by atoms with van der Waals surface area (Å²) in [7, 11) is 0. The fourth-order valence-electron chi connectivity index (χ4n) is 3.82. The Hall–Kier alpha value is -0.720. The normalized spacial score (nSPS) is 24.3. The van der Waals surface area contributed by atoms with Gasteiger partial charge >= 0.3 is 0 Å². The van der Waals surface area contributed by atoms with Gasteiger partial charge in [-0.15, -0.1) is 5.53 Å². The number of hydrogen-bond acceptors (Lipinski definition) is 6. The highest BCUT2D eigenvalue weighted by molar-refractivity contribution is 4.52. The molecule has 1 heterocycles. The SMILES string of the molecule is C1CCCCCCCCCCCNNNN/N=N/CCCCCCCCCC1. The molecule has 4 N–H and O–H groups in total. The molecule has 0 fully saturated rings. The van der Waals surface area contributed by atoms with Gasteiger partial charge in [-0.1, -0.05) is 121 Å². The molecular weight excluding hydrogens is 348 g/mol. The van der Waals surface area contributed by atoms with Crippen LogP contribution in [0.2, 0.25) is 0 Å². The first kappa shape index (κ1) is 25.3. The van der Waals surface area contributed by atoms with E-state index in [0.29, 0.717) is 0 Å². The van der Waals surface area contributed by atoms with Crippen LogP contribution in [0.4, 0.5) is 0 Å². The van der Waals surface area contributed by atoms with E-state index in [9.17, 15) is 0 Å². The van der Waals surface area contributed by atoms with Crippen LogP contribution >= 0.6 is 0 Å². The summed E-state index contributed by atoms with van der Waals surface area (Å²) in [5.74, 6) is 0. The number of hydrogen-bond donors (Lipinski definition) is 4. The second kappa shape index (κ2) is 22.6. The Morgan fingerprint density at radius 2 is 0.786 bits per heavy atom. The Kier molecular flexibility index (Phi) is 20.4. The van der Waals surface area contributed by atoms with Crippen LogP contribution in [0.3, 0.4) is 0 Å².